The summed E-state index contributed by atoms with van der Waals surface area (Å²) in [6.45, 7) is 3.96. The van der Waals surface area contributed by atoms with E-state index in [2.05, 4.69) is 16.9 Å². The predicted octanol–water partition coefficient (Wildman–Crippen LogP) is 3.39. The molecule has 2 unspecified atom stereocenters. The molecule has 2 atom stereocenters. The molecular weight excluding hydrogens is 378 g/mol. The number of nitrogens with one attached hydrogen (secondary N) is 2. The number of benzene rings is 2. The Bertz CT molecular complexity index is 1240. The summed E-state index contributed by atoms with van der Waals surface area (Å²) in [6, 6.07) is 13.6. The van der Waals surface area contributed by atoms with Crippen LogP contribution in [0.5, 0.6) is 5.75 Å². The number of phenolic OH excluding ortho intramolecular Hbond substituents is 1. The van der Waals surface area contributed by atoms with E-state index in [0.717, 1.165) is 34.9 Å². The molecule has 1 fully saturated rings. The van der Waals surface area contributed by atoms with Crippen LogP contribution in [-0.2, 0) is 6.54 Å². The van der Waals surface area contributed by atoms with E-state index in [1.54, 1.807) is 12.1 Å². The Labute approximate surface area is 174 Å². The molecule has 0 amide bonds. The molecule has 3 N–H and O–H groups in total. The average Bonchev–Trinajstić information content (AvgIpc) is 3.20. The highest BCUT2D eigenvalue weighted by atomic mass is 16.4. The van der Waals surface area contributed by atoms with Gasteiger partial charge in [0.05, 0.1) is 29.2 Å². The summed E-state index contributed by atoms with van der Waals surface area (Å²) < 4.78 is 5.78. The minimum absolute atomic E-state index is 0.190. The van der Waals surface area contributed by atoms with Crippen molar-refractivity contribution in [2.45, 2.75) is 45.2 Å². The lowest BCUT2D eigenvalue weighted by atomic mass is 9.98. The Morgan fingerprint density at radius 1 is 1.23 bits per heavy atom. The van der Waals surface area contributed by atoms with Gasteiger partial charge in [-0.3, -0.25) is 0 Å². The Balaban J connectivity index is 1.59. The third kappa shape index (κ3) is 3.27. The fourth-order valence-electron chi connectivity index (χ4n) is 4.75. The molecule has 0 radical (unpaired) electrons. The number of quaternary nitrogens is 1. The molecule has 5 rings (SSSR count). The number of aromatic amines is 1. The highest BCUT2D eigenvalue weighted by Crippen LogP contribution is 2.29. The molecule has 6 nitrogen and oxygen atoms in total. The van der Waals surface area contributed by atoms with Gasteiger partial charge in [-0.15, -0.1) is 0 Å². The molecule has 154 valence electrons. The van der Waals surface area contributed by atoms with E-state index in [1.807, 2.05) is 30.3 Å². The maximum Gasteiger partial charge on any atom is 0.347 e. The summed E-state index contributed by atoms with van der Waals surface area (Å²) in [4.78, 5) is 22.1. The van der Waals surface area contributed by atoms with Crippen LogP contribution in [0.1, 0.15) is 38.2 Å². The Hall–Kier alpha value is -3.12. The lowest BCUT2D eigenvalue weighted by Gasteiger charge is -2.32. The van der Waals surface area contributed by atoms with E-state index in [4.69, 9.17) is 4.42 Å². The van der Waals surface area contributed by atoms with Crippen molar-refractivity contribution in [3.63, 3.8) is 0 Å². The van der Waals surface area contributed by atoms with E-state index < -0.39 is 5.63 Å². The maximum atomic E-state index is 12.9. The van der Waals surface area contributed by atoms with Crippen molar-refractivity contribution in [3.05, 3.63) is 58.4 Å². The van der Waals surface area contributed by atoms with Crippen LogP contribution in [0.15, 0.2) is 51.7 Å². The number of H-pyrrole nitrogens is 1. The zero-order valence-electron chi connectivity index (χ0n) is 17.1. The SMILES string of the molecule is CCC1CCCC[NH+]1Cc1c(O)ccc2cc(-c3nc4ccccc4[nH]3)c(=O)oc12. The number of para-hydroxylation sites is 2. The van der Waals surface area contributed by atoms with E-state index >= 15 is 0 Å². The van der Waals surface area contributed by atoms with Gasteiger partial charge in [0.25, 0.3) is 0 Å². The minimum atomic E-state index is -0.450. The molecule has 3 heterocycles. The van der Waals surface area contributed by atoms with Crippen LogP contribution in [0.3, 0.4) is 0 Å². The van der Waals surface area contributed by atoms with Gasteiger partial charge in [0.1, 0.15) is 23.7 Å². The number of phenols is 1. The van der Waals surface area contributed by atoms with Gasteiger partial charge in [-0.1, -0.05) is 19.1 Å². The van der Waals surface area contributed by atoms with E-state index in [0.29, 0.717) is 29.6 Å². The van der Waals surface area contributed by atoms with Gasteiger partial charge < -0.3 is 19.4 Å². The van der Waals surface area contributed by atoms with Gasteiger partial charge in [-0.25, -0.2) is 9.78 Å². The molecular formula is C24H26N3O3+. The molecule has 1 aliphatic heterocycles. The maximum absolute atomic E-state index is 12.9. The summed E-state index contributed by atoms with van der Waals surface area (Å²) in [6.07, 6.45) is 4.77. The van der Waals surface area contributed by atoms with Crippen LogP contribution >= 0.6 is 0 Å². The van der Waals surface area contributed by atoms with E-state index in [1.165, 1.54) is 24.2 Å². The molecule has 2 aromatic carbocycles. The first kappa shape index (κ1) is 18.9. The first-order valence-electron chi connectivity index (χ1n) is 10.7. The number of fused-ring (bicyclic) bond motifs is 2. The predicted molar refractivity (Wildman–Crippen MR) is 117 cm³/mol. The topological polar surface area (TPSA) is 83.6 Å². The monoisotopic (exact) mass is 404 g/mol. The number of rotatable bonds is 4. The molecule has 0 saturated carbocycles. The van der Waals surface area contributed by atoms with Crippen LogP contribution in [0, 0.1) is 0 Å². The van der Waals surface area contributed by atoms with Crippen molar-refractivity contribution in [2.24, 2.45) is 0 Å². The van der Waals surface area contributed by atoms with Crippen molar-refractivity contribution < 1.29 is 14.4 Å². The number of aromatic nitrogens is 2. The standard InChI is InChI=1S/C24H25N3O3/c1-2-16-7-5-6-12-27(16)14-18-21(28)11-10-15-13-17(24(29)30-22(15)18)23-25-19-8-3-4-9-20(19)26-23/h3-4,8-11,13,16,28H,2,5-7,12,14H2,1H3,(H,25,26)/p+1. The van der Waals surface area contributed by atoms with Crippen molar-refractivity contribution >= 4 is 22.0 Å². The second-order valence-electron chi connectivity index (χ2n) is 8.22. The second-order valence-corrected chi connectivity index (χ2v) is 8.22. The fraction of sp³-hybridized carbons (Fsp3) is 0.333. The molecule has 30 heavy (non-hydrogen) atoms. The highest BCUT2D eigenvalue weighted by molar-refractivity contribution is 5.86. The van der Waals surface area contributed by atoms with E-state index in [9.17, 15) is 9.90 Å². The second kappa shape index (κ2) is 7.61. The number of piperidine rings is 1. The third-order valence-corrected chi connectivity index (χ3v) is 6.40. The van der Waals surface area contributed by atoms with Crippen LogP contribution in [0.4, 0.5) is 0 Å². The van der Waals surface area contributed by atoms with Crippen LogP contribution in [0.25, 0.3) is 33.4 Å². The molecule has 0 spiro atoms. The van der Waals surface area contributed by atoms with Gasteiger partial charge in [-0.05, 0) is 56.0 Å². The zero-order valence-corrected chi connectivity index (χ0v) is 17.1. The number of imidazole rings is 1. The summed E-state index contributed by atoms with van der Waals surface area (Å²) in [5.41, 5.74) is 2.82. The smallest absolute Gasteiger partial charge is 0.347 e. The first-order valence-corrected chi connectivity index (χ1v) is 10.7. The van der Waals surface area contributed by atoms with Crippen LogP contribution in [-0.4, -0.2) is 27.7 Å². The van der Waals surface area contributed by atoms with Crippen LogP contribution in [0.2, 0.25) is 0 Å². The summed E-state index contributed by atoms with van der Waals surface area (Å²) in [7, 11) is 0. The number of hydrogen-bond acceptors (Lipinski definition) is 4. The van der Waals surface area contributed by atoms with Crippen molar-refractivity contribution in [1.82, 2.24) is 9.97 Å². The van der Waals surface area contributed by atoms with Gasteiger partial charge in [-0.2, -0.15) is 0 Å². The molecule has 1 saturated heterocycles. The Kier molecular flexibility index (Phi) is 4.79. The Morgan fingerprint density at radius 3 is 2.93 bits per heavy atom. The first-order chi connectivity index (χ1) is 14.6. The Morgan fingerprint density at radius 2 is 2.10 bits per heavy atom. The lowest BCUT2D eigenvalue weighted by molar-refractivity contribution is -0.944. The molecule has 2 aromatic heterocycles. The highest BCUT2D eigenvalue weighted by Gasteiger charge is 2.27. The quantitative estimate of drug-likeness (QED) is 0.455. The van der Waals surface area contributed by atoms with Crippen molar-refractivity contribution in [2.75, 3.05) is 6.54 Å². The largest absolute Gasteiger partial charge is 0.507 e. The summed E-state index contributed by atoms with van der Waals surface area (Å²) in [5, 5.41) is 11.4. The van der Waals surface area contributed by atoms with Crippen molar-refractivity contribution in [3.8, 4) is 17.1 Å². The molecule has 4 aromatic rings. The molecule has 0 bridgehead atoms. The van der Waals surface area contributed by atoms with Crippen LogP contribution < -0.4 is 10.5 Å². The lowest BCUT2D eigenvalue weighted by Crippen LogP contribution is -3.15. The summed E-state index contributed by atoms with van der Waals surface area (Å²) in [5.74, 6) is 0.684. The fourth-order valence-corrected chi connectivity index (χ4v) is 4.75. The number of aromatic hydroxyl groups is 1. The van der Waals surface area contributed by atoms with Gasteiger partial charge in [0.2, 0.25) is 0 Å². The number of hydrogen-bond donors (Lipinski definition) is 3. The third-order valence-electron chi connectivity index (χ3n) is 6.40. The zero-order chi connectivity index (χ0) is 20.7. The van der Waals surface area contributed by atoms with Gasteiger partial charge in [0, 0.05) is 5.39 Å². The molecule has 6 heteroatoms. The van der Waals surface area contributed by atoms with Gasteiger partial charge in [0.15, 0.2) is 5.58 Å². The van der Waals surface area contributed by atoms with E-state index in [-0.39, 0.29) is 5.75 Å². The molecule has 0 aliphatic carbocycles. The molecule has 1 aliphatic rings. The number of nitrogens with zero attached hydrogens (tertiary/aromatic N) is 1. The number of likely N-dealkylation sites (tertiary alicyclic amines) is 1. The van der Waals surface area contributed by atoms with Gasteiger partial charge >= 0.3 is 5.63 Å². The van der Waals surface area contributed by atoms with Crippen molar-refractivity contribution in [1.29, 1.82) is 0 Å². The summed E-state index contributed by atoms with van der Waals surface area (Å²) >= 11 is 0. The minimum Gasteiger partial charge on any atom is -0.507 e. The average molecular weight is 404 g/mol. The normalized spacial score (nSPS) is 19.5.